The van der Waals surface area contributed by atoms with Crippen molar-refractivity contribution < 1.29 is 4.74 Å². The summed E-state index contributed by atoms with van der Waals surface area (Å²) in [6.45, 7) is 10.2. The molecule has 2 heteroatoms. The van der Waals surface area contributed by atoms with Gasteiger partial charge < -0.3 is 4.74 Å². The van der Waals surface area contributed by atoms with Gasteiger partial charge in [-0.3, -0.25) is 4.90 Å². The van der Waals surface area contributed by atoms with Gasteiger partial charge in [0.05, 0.1) is 6.10 Å². The highest BCUT2D eigenvalue weighted by Gasteiger charge is 2.19. The molecule has 1 aromatic carbocycles. The molecule has 0 unspecified atom stereocenters. The van der Waals surface area contributed by atoms with Crippen LogP contribution in [0.3, 0.4) is 0 Å². The van der Waals surface area contributed by atoms with Crippen molar-refractivity contribution in [2.45, 2.75) is 51.7 Å². The Hall–Kier alpha value is -0.860. The largest absolute Gasteiger partial charge is 0.381 e. The van der Waals surface area contributed by atoms with Gasteiger partial charge in [-0.05, 0) is 29.4 Å². The SMILES string of the molecule is COC1CCN(Cc2cccc(C(C)(C)C)c2)CC1. The van der Waals surface area contributed by atoms with Gasteiger partial charge in [0.2, 0.25) is 0 Å². The van der Waals surface area contributed by atoms with Crippen molar-refractivity contribution in [3.8, 4) is 0 Å². The van der Waals surface area contributed by atoms with Crippen LogP contribution in [0.25, 0.3) is 0 Å². The second-order valence-electron chi connectivity index (χ2n) is 6.66. The molecule has 1 aliphatic rings. The van der Waals surface area contributed by atoms with E-state index in [1.54, 1.807) is 0 Å². The molecule has 1 fully saturated rings. The highest BCUT2D eigenvalue weighted by Crippen LogP contribution is 2.24. The molecule has 0 spiro atoms. The van der Waals surface area contributed by atoms with E-state index in [-0.39, 0.29) is 5.41 Å². The molecule has 0 atom stereocenters. The molecule has 19 heavy (non-hydrogen) atoms. The van der Waals surface area contributed by atoms with E-state index in [2.05, 4.69) is 49.9 Å². The fourth-order valence-electron chi connectivity index (χ4n) is 2.70. The first-order valence-corrected chi connectivity index (χ1v) is 7.33. The van der Waals surface area contributed by atoms with Crippen LogP contribution in [0.2, 0.25) is 0 Å². The van der Waals surface area contributed by atoms with Crippen LogP contribution in [-0.4, -0.2) is 31.2 Å². The first-order valence-electron chi connectivity index (χ1n) is 7.33. The van der Waals surface area contributed by atoms with E-state index >= 15 is 0 Å². The lowest BCUT2D eigenvalue weighted by Gasteiger charge is -2.31. The Morgan fingerprint density at radius 2 is 1.89 bits per heavy atom. The monoisotopic (exact) mass is 261 g/mol. The standard InChI is InChI=1S/C17H27NO/c1-17(2,3)15-7-5-6-14(12-15)13-18-10-8-16(19-4)9-11-18/h5-7,12,16H,8-11,13H2,1-4H3. The number of hydrogen-bond acceptors (Lipinski definition) is 2. The third-order valence-corrected chi connectivity index (χ3v) is 4.07. The molecule has 1 aliphatic heterocycles. The maximum absolute atomic E-state index is 5.43. The van der Waals surface area contributed by atoms with Crippen molar-refractivity contribution in [1.82, 2.24) is 4.90 Å². The number of nitrogens with zero attached hydrogens (tertiary/aromatic N) is 1. The molecule has 0 aliphatic carbocycles. The van der Waals surface area contributed by atoms with Gasteiger partial charge >= 0.3 is 0 Å². The fraction of sp³-hybridized carbons (Fsp3) is 0.647. The molecule has 1 heterocycles. The third kappa shape index (κ3) is 4.05. The Bertz CT molecular complexity index is 400. The summed E-state index contributed by atoms with van der Waals surface area (Å²) in [5, 5.41) is 0. The summed E-state index contributed by atoms with van der Waals surface area (Å²) >= 11 is 0. The first-order chi connectivity index (χ1) is 8.99. The van der Waals surface area contributed by atoms with Crippen LogP contribution >= 0.6 is 0 Å². The minimum Gasteiger partial charge on any atom is -0.381 e. The summed E-state index contributed by atoms with van der Waals surface area (Å²) in [6, 6.07) is 9.04. The van der Waals surface area contributed by atoms with E-state index in [1.807, 2.05) is 7.11 Å². The quantitative estimate of drug-likeness (QED) is 0.824. The van der Waals surface area contributed by atoms with Gasteiger partial charge in [0.1, 0.15) is 0 Å². The van der Waals surface area contributed by atoms with Crippen LogP contribution < -0.4 is 0 Å². The van der Waals surface area contributed by atoms with Crippen LogP contribution in [0, 0.1) is 0 Å². The first kappa shape index (κ1) is 14.5. The minimum absolute atomic E-state index is 0.235. The molecule has 0 aromatic heterocycles. The molecule has 0 saturated carbocycles. The van der Waals surface area contributed by atoms with E-state index < -0.39 is 0 Å². The average Bonchev–Trinajstić information content (AvgIpc) is 2.39. The van der Waals surface area contributed by atoms with Crippen LogP contribution in [0.1, 0.15) is 44.7 Å². The lowest BCUT2D eigenvalue weighted by molar-refractivity contribution is 0.0388. The molecule has 106 valence electrons. The van der Waals surface area contributed by atoms with Crippen molar-refractivity contribution in [2.24, 2.45) is 0 Å². The predicted octanol–water partition coefficient (Wildman–Crippen LogP) is 3.59. The zero-order valence-corrected chi connectivity index (χ0v) is 12.8. The van der Waals surface area contributed by atoms with Crippen molar-refractivity contribution in [3.63, 3.8) is 0 Å². The van der Waals surface area contributed by atoms with Gasteiger partial charge in [0, 0.05) is 26.7 Å². The van der Waals surface area contributed by atoms with Crippen molar-refractivity contribution in [2.75, 3.05) is 20.2 Å². The van der Waals surface area contributed by atoms with Gasteiger partial charge in [-0.25, -0.2) is 0 Å². The summed E-state index contributed by atoms with van der Waals surface area (Å²) in [4.78, 5) is 2.54. The summed E-state index contributed by atoms with van der Waals surface area (Å²) in [5.41, 5.74) is 3.10. The Kier molecular flexibility index (Phi) is 4.64. The zero-order valence-electron chi connectivity index (χ0n) is 12.8. The van der Waals surface area contributed by atoms with E-state index in [1.165, 1.54) is 11.1 Å². The number of benzene rings is 1. The fourth-order valence-corrected chi connectivity index (χ4v) is 2.70. The van der Waals surface area contributed by atoms with E-state index in [9.17, 15) is 0 Å². The summed E-state index contributed by atoms with van der Waals surface area (Å²) in [6.07, 6.45) is 2.79. The Morgan fingerprint density at radius 3 is 2.47 bits per heavy atom. The van der Waals surface area contributed by atoms with Gasteiger partial charge in [-0.1, -0.05) is 45.0 Å². The van der Waals surface area contributed by atoms with Crippen LogP contribution in [0.15, 0.2) is 24.3 Å². The number of piperidine rings is 1. The van der Waals surface area contributed by atoms with Gasteiger partial charge in [-0.15, -0.1) is 0 Å². The number of ether oxygens (including phenoxy) is 1. The molecule has 2 rings (SSSR count). The number of hydrogen-bond donors (Lipinski definition) is 0. The molecule has 0 N–H and O–H groups in total. The molecule has 0 amide bonds. The zero-order chi connectivity index (χ0) is 13.9. The van der Waals surface area contributed by atoms with Crippen LogP contribution in [-0.2, 0) is 16.7 Å². The predicted molar refractivity (Wildman–Crippen MR) is 80.5 cm³/mol. The summed E-state index contributed by atoms with van der Waals surface area (Å²) in [7, 11) is 1.83. The second kappa shape index (κ2) is 6.06. The average molecular weight is 261 g/mol. The van der Waals surface area contributed by atoms with Crippen molar-refractivity contribution in [1.29, 1.82) is 0 Å². The Labute approximate surface area is 117 Å². The highest BCUT2D eigenvalue weighted by atomic mass is 16.5. The molecule has 0 bridgehead atoms. The Morgan fingerprint density at radius 1 is 1.21 bits per heavy atom. The molecule has 1 aromatic rings. The molecular formula is C17H27NO. The van der Waals surface area contributed by atoms with Crippen LogP contribution in [0.5, 0.6) is 0 Å². The van der Waals surface area contributed by atoms with E-state index in [0.717, 1.165) is 32.5 Å². The van der Waals surface area contributed by atoms with Gasteiger partial charge in [0.15, 0.2) is 0 Å². The highest BCUT2D eigenvalue weighted by molar-refractivity contribution is 5.28. The van der Waals surface area contributed by atoms with Crippen LogP contribution in [0.4, 0.5) is 0 Å². The number of rotatable bonds is 3. The smallest absolute Gasteiger partial charge is 0.0595 e. The maximum Gasteiger partial charge on any atom is 0.0595 e. The normalized spacial score (nSPS) is 18.7. The van der Waals surface area contributed by atoms with E-state index in [0.29, 0.717) is 6.10 Å². The number of methoxy groups -OCH3 is 1. The molecule has 2 nitrogen and oxygen atoms in total. The molecule has 0 radical (unpaired) electrons. The van der Waals surface area contributed by atoms with E-state index in [4.69, 9.17) is 4.74 Å². The lowest BCUT2D eigenvalue weighted by Crippen LogP contribution is -2.36. The Balaban J connectivity index is 1.97. The van der Waals surface area contributed by atoms with Gasteiger partial charge in [-0.2, -0.15) is 0 Å². The summed E-state index contributed by atoms with van der Waals surface area (Å²) in [5.74, 6) is 0. The molecular weight excluding hydrogens is 234 g/mol. The second-order valence-corrected chi connectivity index (χ2v) is 6.66. The maximum atomic E-state index is 5.43. The van der Waals surface area contributed by atoms with Crippen molar-refractivity contribution >= 4 is 0 Å². The van der Waals surface area contributed by atoms with Gasteiger partial charge in [0.25, 0.3) is 0 Å². The number of likely N-dealkylation sites (tertiary alicyclic amines) is 1. The topological polar surface area (TPSA) is 12.5 Å². The third-order valence-electron chi connectivity index (χ3n) is 4.07. The molecule has 1 saturated heterocycles. The minimum atomic E-state index is 0.235. The summed E-state index contributed by atoms with van der Waals surface area (Å²) < 4.78 is 5.43. The lowest BCUT2D eigenvalue weighted by atomic mass is 9.86. The van der Waals surface area contributed by atoms with Crippen molar-refractivity contribution in [3.05, 3.63) is 35.4 Å².